The molecular formula is C2H11AsN2. The van der Waals surface area contributed by atoms with Gasteiger partial charge in [0.2, 0.25) is 0 Å². The van der Waals surface area contributed by atoms with Crippen LogP contribution in [-0.2, 0) is 0 Å². The fourth-order valence-corrected chi connectivity index (χ4v) is 0. The first kappa shape index (κ1) is 9.08. The van der Waals surface area contributed by atoms with Crippen molar-refractivity contribution < 1.29 is 0 Å². The van der Waals surface area contributed by atoms with Crippen LogP contribution >= 0.6 is 0 Å². The molecule has 0 saturated carbocycles. The van der Waals surface area contributed by atoms with E-state index in [0.717, 1.165) is 0 Å². The molecule has 0 aromatic carbocycles. The van der Waals surface area contributed by atoms with Crippen molar-refractivity contribution in [3.05, 3.63) is 0 Å². The van der Waals surface area contributed by atoms with Gasteiger partial charge in [0, 0.05) is 0 Å². The molecule has 0 aromatic heterocycles. The van der Waals surface area contributed by atoms with Crippen molar-refractivity contribution in [3.8, 4) is 0 Å². The third-order valence-corrected chi connectivity index (χ3v) is 0.250. The summed E-state index contributed by atoms with van der Waals surface area (Å²) in [6.07, 6.45) is 0. The van der Waals surface area contributed by atoms with Crippen molar-refractivity contribution in [2.45, 2.75) is 0 Å². The molecule has 5 heavy (non-hydrogen) atoms. The van der Waals surface area contributed by atoms with Crippen LogP contribution in [0.2, 0.25) is 0 Å². The first-order valence-corrected chi connectivity index (χ1v) is 1.25. The second kappa shape index (κ2) is 8.82. The van der Waals surface area contributed by atoms with E-state index in [1.54, 1.807) is 0 Å². The Kier molecular flexibility index (Phi) is 16.0. The van der Waals surface area contributed by atoms with Crippen LogP contribution < -0.4 is 10.9 Å². The van der Waals surface area contributed by atoms with Crippen LogP contribution in [-0.4, -0.2) is 32.0 Å². The molecule has 0 heterocycles. The third-order valence-electron chi connectivity index (χ3n) is 0.250. The fraction of sp³-hybridized carbons (Fsp3) is 1.00. The Morgan fingerprint density at radius 3 is 1.20 bits per heavy atom. The molecule has 0 radical (unpaired) electrons. The molecule has 3 heteroatoms. The molecule has 1 unspecified atom stereocenters. The Morgan fingerprint density at radius 1 is 1.00 bits per heavy atom. The van der Waals surface area contributed by atoms with E-state index < -0.39 is 0 Å². The number of rotatable bonds is 1. The van der Waals surface area contributed by atoms with E-state index in [4.69, 9.17) is 0 Å². The van der Waals surface area contributed by atoms with Gasteiger partial charge in [-0.15, -0.1) is 0 Å². The zero-order valence-corrected chi connectivity index (χ0v) is 6.67. The third kappa shape index (κ3) is 12.6. The van der Waals surface area contributed by atoms with E-state index in [0.29, 0.717) is 0 Å². The number of hydrogen-bond donors (Lipinski definition) is 2. The minimum absolute atomic E-state index is 0. The van der Waals surface area contributed by atoms with Crippen molar-refractivity contribution in [1.82, 2.24) is 10.9 Å². The van der Waals surface area contributed by atoms with Gasteiger partial charge in [-0.05, 0) is 14.1 Å². The van der Waals surface area contributed by atoms with Crippen LogP contribution in [0.5, 0.6) is 0 Å². The van der Waals surface area contributed by atoms with E-state index in [2.05, 4.69) is 10.9 Å². The predicted molar refractivity (Wildman–Crippen MR) is 28.1 cm³/mol. The standard InChI is InChI=1S/C2H8N2.AsH3/c1-3-4-2;/h3-4H,1-2H3;1H3. The molecule has 2 N–H and O–H groups in total. The summed E-state index contributed by atoms with van der Waals surface area (Å²) in [7, 11) is 3.64. The van der Waals surface area contributed by atoms with Crippen LogP contribution in [0.15, 0.2) is 0 Å². The van der Waals surface area contributed by atoms with Crippen LogP contribution in [0.1, 0.15) is 0 Å². The average molecular weight is 138 g/mol. The van der Waals surface area contributed by atoms with Gasteiger partial charge in [0.1, 0.15) is 0 Å². The van der Waals surface area contributed by atoms with Gasteiger partial charge in [-0.3, -0.25) is 10.9 Å². The molecule has 1 atom stereocenters. The molecule has 0 aliphatic carbocycles. The van der Waals surface area contributed by atoms with Crippen molar-refractivity contribution in [1.29, 1.82) is 0 Å². The molecule has 0 saturated heterocycles. The maximum absolute atomic E-state index is 2.68. The minimum atomic E-state index is 0. The van der Waals surface area contributed by atoms with Gasteiger partial charge in [0.15, 0.2) is 0 Å². The summed E-state index contributed by atoms with van der Waals surface area (Å²) in [5.41, 5.74) is 5.36. The molecule has 2 nitrogen and oxygen atoms in total. The number of nitrogens with one attached hydrogen (secondary N) is 2. The number of hydrazine groups is 1. The van der Waals surface area contributed by atoms with Crippen molar-refractivity contribution in [2.24, 2.45) is 0 Å². The topological polar surface area (TPSA) is 24.1 Å². The number of hydrogen-bond acceptors (Lipinski definition) is 2. The van der Waals surface area contributed by atoms with E-state index in [9.17, 15) is 0 Å². The Morgan fingerprint density at radius 2 is 1.20 bits per heavy atom. The summed E-state index contributed by atoms with van der Waals surface area (Å²) in [6, 6.07) is 0. The average Bonchev–Trinajstić information content (AvgIpc) is 1.37. The van der Waals surface area contributed by atoms with Gasteiger partial charge in [0.05, 0.1) is 0 Å². The van der Waals surface area contributed by atoms with Crippen LogP contribution in [0.25, 0.3) is 0 Å². The molecule has 0 rings (SSSR count). The van der Waals surface area contributed by atoms with Crippen molar-refractivity contribution >= 4 is 18.0 Å². The first-order chi connectivity index (χ1) is 1.91. The quantitative estimate of drug-likeness (QED) is 0.328. The normalized spacial score (nSPS) is 6.00. The molecule has 0 fully saturated rings. The summed E-state index contributed by atoms with van der Waals surface area (Å²) in [5.74, 6) is 0. The summed E-state index contributed by atoms with van der Waals surface area (Å²) in [4.78, 5) is 0. The second-order valence-corrected chi connectivity index (χ2v) is 0.500. The zero-order chi connectivity index (χ0) is 3.41. The van der Waals surface area contributed by atoms with Gasteiger partial charge in [0.25, 0.3) is 0 Å². The van der Waals surface area contributed by atoms with Gasteiger partial charge < -0.3 is 0 Å². The summed E-state index contributed by atoms with van der Waals surface area (Å²) in [6.45, 7) is 0. The first-order valence-electron chi connectivity index (χ1n) is 1.25. The molecule has 0 aliphatic heterocycles. The maximum atomic E-state index is 2.68. The second-order valence-electron chi connectivity index (χ2n) is 0.500. The fourth-order valence-electron chi connectivity index (χ4n) is 0. The van der Waals surface area contributed by atoms with Gasteiger partial charge in [-0.2, -0.15) is 0 Å². The van der Waals surface area contributed by atoms with Gasteiger partial charge in [-0.1, -0.05) is 0 Å². The van der Waals surface area contributed by atoms with Crippen LogP contribution in [0, 0.1) is 0 Å². The summed E-state index contributed by atoms with van der Waals surface area (Å²) < 4.78 is 0. The molecule has 0 aliphatic rings. The molecule has 0 amide bonds. The van der Waals surface area contributed by atoms with Crippen molar-refractivity contribution in [2.75, 3.05) is 14.1 Å². The Hall–Kier alpha value is 0.478. The zero-order valence-electron chi connectivity index (χ0n) is 3.71. The summed E-state index contributed by atoms with van der Waals surface area (Å²) in [5, 5.41) is 0. The molecule has 0 aromatic rings. The van der Waals surface area contributed by atoms with Crippen LogP contribution in [0.3, 0.4) is 0 Å². The molecular weight excluding hydrogens is 127 g/mol. The van der Waals surface area contributed by atoms with Crippen LogP contribution in [0.4, 0.5) is 0 Å². The predicted octanol–water partition coefficient (Wildman–Crippen LogP) is -1.84. The van der Waals surface area contributed by atoms with Gasteiger partial charge in [-0.25, -0.2) is 0 Å². The molecule has 0 bridgehead atoms. The Labute approximate surface area is 43.6 Å². The van der Waals surface area contributed by atoms with Gasteiger partial charge >= 0.3 is 18.0 Å². The van der Waals surface area contributed by atoms with E-state index in [1.807, 2.05) is 14.1 Å². The van der Waals surface area contributed by atoms with Crippen molar-refractivity contribution in [3.63, 3.8) is 0 Å². The Balaban J connectivity index is 0. The monoisotopic (exact) mass is 138 g/mol. The summed E-state index contributed by atoms with van der Waals surface area (Å²) >= 11 is 0. The Bertz CT molecular complexity index is 9.61. The SMILES string of the molecule is CNNC.[AsH3]. The van der Waals surface area contributed by atoms with E-state index >= 15 is 0 Å². The van der Waals surface area contributed by atoms with E-state index in [-0.39, 0.29) is 18.0 Å². The molecule has 34 valence electrons. The van der Waals surface area contributed by atoms with E-state index in [1.165, 1.54) is 0 Å². The molecule has 0 spiro atoms.